The van der Waals surface area contributed by atoms with Gasteiger partial charge in [-0.3, -0.25) is 4.79 Å². The van der Waals surface area contributed by atoms with E-state index >= 15 is 0 Å². The monoisotopic (exact) mass is 362 g/mol. The first-order chi connectivity index (χ1) is 12.6. The number of carbonyl (C=O) groups is 1. The highest BCUT2D eigenvalue weighted by atomic mass is 16.4. The molecule has 0 aromatic carbocycles. The normalized spacial score (nSPS) is 17.5. The van der Waals surface area contributed by atoms with E-state index in [-0.39, 0.29) is 6.42 Å². The first-order valence-electron chi connectivity index (χ1n) is 10.5. The fourth-order valence-corrected chi connectivity index (χ4v) is 3.12. The number of unbranched alkanes of at least 4 members (excludes halogenated alkanes) is 4. The molecule has 1 aliphatic rings. The van der Waals surface area contributed by atoms with E-state index in [2.05, 4.69) is 25.2 Å². The van der Waals surface area contributed by atoms with E-state index in [0.717, 1.165) is 18.8 Å². The largest absolute Gasteiger partial charge is 0.481 e. The highest BCUT2D eigenvalue weighted by molar-refractivity contribution is 5.66. The third kappa shape index (κ3) is 12.9. The van der Waals surface area contributed by atoms with Crippen molar-refractivity contribution in [1.29, 1.82) is 0 Å². The SMILES string of the molecule is CCCCC/C=C\CC[C@H](/C=C/[C@H](O)C/C=C\CCCC(=O)O)C1CC1. The van der Waals surface area contributed by atoms with Crippen molar-refractivity contribution in [3.63, 3.8) is 0 Å². The van der Waals surface area contributed by atoms with Gasteiger partial charge in [0.15, 0.2) is 0 Å². The van der Waals surface area contributed by atoms with Gasteiger partial charge < -0.3 is 10.2 Å². The first-order valence-corrected chi connectivity index (χ1v) is 10.5. The summed E-state index contributed by atoms with van der Waals surface area (Å²) in [7, 11) is 0. The van der Waals surface area contributed by atoms with Crippen molar-refractivity contribution in [3.8, 4) is 0 Å². The van der Waals surface area contributed by atoms with Gasteiger partial charge in [-0.05, 0) is 69.6 Å². The Bertz CT molecular complexity index is 446. The summed E-state index contributed by atoms with van der Waals surface area (Å²) >= 11 is 0. The van der Waals surface area contributed by atoms with E-state index in [0.29, 0.717) is 18.8 Å². The number of carboxylic acid groups (broad SMARTS) is 1. The lowest BCUT2D eigenvalue weighted by atomic mass is 9.96. The van der Waals surface area contributed by atoms with Crippen LogP contribution in [0.25, 0.3) is 0 Å². The molecule has 0 aliphatic heterocycles. The standard InChI is InChI=1S/C23H38O3/c1-2-3-4-5-6-7-10-13-20(21-16-17-21)18-19-22(24)14-11-8-9-12-15-23(25)26/h6-8,11,18-22,24H,2-5,9-10,12-17H2,1H3,(H,25,26)/b7-6-,11-8-,19-18+/t20-,22-/m1/s1. The van der Waals surface area contributed by atoms with Crippen LogP contribution in [0.1, 0.15) is 84.0 Å². The Morgan fingerprint density at radius 2 is 1.69 bits per heavy atom. The fraction of sp³-hybridized carbons (Fsp3) is 0.696. The van der Waals surface area contributed by atoms with Crippen molar-refractivity contribution in [2.24, 2.45) is 11.8 Å². The van der Waals surface area contributed by atoms with Crippen LogP contribution in [-0.2, 0) is 4.79 Å². The highest BCUT2D eigenvalue weighted by Gasteiger charge is 2.28. The number of aliphatic carboxylic acids is 1. The van der Waals surface area contributed by atoms with Crippen molar-refractivity contribution < 1.29 is 15.0 Å². The molecule has 3 heteroatoms. The van der Waals surface area contributed by atoms with Gasteiger partial charge in [-0.1, -0.05) is 56.2 Å². The molecular formula is C23H38O3. The van der Waals surface area contributed by atoms with Gasteiger partial charge >= 0.3 is 5.97 Å². The molecule has 0 spiro atoms. The number of rotatable bonds is 16. The Morgan fingerprint density at radius 3 is 2.38 bits per heavy atom. The van der Waals surface area contributed by atoms with Crippen LogP contribution in [0.4, 0.5) is 0 Å². The summed E-state index contributed by atoms with van der Waals surface area (Å²) in [5.41, 5.74) is 0. The van der Waals surface area contributed by atoms with Crippen LogP contribution in [0.15, 0.2) is 36.5 Å². The number of carboxylic acids is 1. The van der Waals surface area contributed by atoms with Gasteiger partial charge in [-0.15, -0.1) is 0 Å². The topological polar surface area (TPSA) is 57.5 Å². The maximum Gasteiger partial charge on any atom is 0.303 e. The average Bonchev–Trinajstić information content (AvgIpc) is 3.44. The lowest BCUT2D eigenvalue weighted by Gasteiger charge is -2.11. The van der Waals surface area contributed by atoms with E-state index in [4.69, 9.17) is 5.11 Å². The van der Waals surface area contributed by atoms with Crippen molar-refractivity contribution in [2.45, 2.75) is 90.1 Å². The Morgan fingerprint density at radius 1 is 1.00 bits per heavy atom. The predicted molar refractivity (Wildman–Crippen MR) is 109 cm³/mol. The quantitative estimate of drug-likeness (QED) is 0.260. The summed E-state index contributed by atoms with van der Waals surface area (Å²) in [6.45, 7) is 2.24. The number of aliphatic hydroxyl groups is 1. The van der Waals surface area contributed by atoms with Crippen LogP contribution in [-0.4, -0.2) is 22.3 Å². The second kappa shape index (κ2) is 14.8. The summed E-state index contributed by atoms with van der Waals surface area (Å²) < 4.78 is 0. The second-order valence-corrected chi connectivity index (χ2v) is 7.49. The van der Waals surface area contributed by atoms with Gasteiger partial charge in [0.05, 0.1) is 6.10 Å². The van der Waals surface area contributed by atoms with Gasteiger partial charge in [0.1, 0.15) is 0 Å². The van der Waals surface area contributed by atoms with Crippen LogP contribution in [0.2, 0.25) is 0 Å². The minimum absolute atomic E-state index is 0.211. The molecule has 148 valence electrons. The number of allylic oxidation sites excluding steroid dienone is 4. The molecule has 0 radical (unpaired) electrons. The number of aliphatic hydroxyl groups excluding tert-OH is 1. The summed E-state index contributed by atoms with van der Waals surface area (Å²) in [5, 5.41) is 18.7. The fourth-order valence-electron chi connectivity index (χ4n) is 3.12. The molecule has 1 rings (SSSR count). The van der Waals surface area contributed by atoms with E-state index in [9.17, 15) is 9.90 Å². The molecule has 0 saturated heterocycles. The smallest absolute Gasteiger partial charge is 0.303 e. The maximum atomic E-state index is 10.4. The van der Waals surface area contributed by atoms with Gasteiger partial charge in [0.2, 0.25) is 0 Å². The van der Waals surface area contributed by atoms with Crippen molar-refractivity contribution >= 4 is 5.97 Å². The van der Waals surface area contributed by atoms with Crippen LogP contribution >= 0.6 is 0 Å². The maximum absolute atomic E-state index is 10.4. The highest BCUT2D eigenvalue weighted by Crippen LogP contribution is 2.40. The first kappa shape index (κ1) is 22.7. The molecule has 0 aromatic heterocycles. The predicted octanol–water partition coefficient (Wildman–Crippen LogP) is 6.05. The Kier molecular flexibility index (Phi) is 12.9. The van der Waals surface area contributed by atoms with E-state index in [1.807, 2.05) is 18.2 Å². The van der Waals surface area contributed by atoms with Crippen molar-refractivity contribution in [2.75, 3.05) is 0 Å². The zero-order chi connectivity index (χ0) is 19.0. The van der Waals surface area contributed by atoms with Crippen LogP contribution in [0.5, 0.6) is 0 Å². The molecule has 0 aromatic rings. The molecule has 2 atom stereocenters. The molecule has 26 heavy (non-hydrogen) atoms. The summed E-state index contributed by atoms with van der Waals surface area (Å²) in [4.78, 5) is 10.4. The molecule has 0 amide bonds. The van der Waals surface area contributed by atoms with Gasteiger partial charge in [0, 0.05) is 6.42 Å². The van der Waals surface area contributed by atoms with E-state index < -0.39 is 12.1 Å². The van der Waals surface area contributed by atoms with Crippen LogP contribution in [0.3, 0.4) is 0 Å². The zero-order valence-electron chi connectivity index (χ0n) is 16.5. The summed E-state index contributed by atoms with van der Waals surface area (Å²) in [6.07, 6.45) is 24.7. The molecule has 0 unspecified atom stereocenters. The number of hydrogen-bond acceptors (Lipinski definition) is 2. The Hall–Kier alpha value is -1.35. The third-order valence-corrected chi connectivity index (χ3v) is 4.92. The third-order valence-electron chi connectivity index (χ3n) is 4.92. The lowest BCUT2D eigenvalue weighted by molar-refractivity contribution is -0.137. The Labute approximate surface area is 159 Å². The van der Waals surface area contributed by atoms with E-state index in [1.165, 1.54) is 44.9 Å². The van der Waals surface area contributed by atoms with Gasteiger partial charge in [0.25, 0.3) is 0 Å². The molecule has 1 saturated carbocycles. The molecular weight excluding hydrogens is 324 g/mol. The van der Waals surface area contributed by atoms with Gasteiger partial charge in [-0.25, -0.2) is 0 Å². The van der Waals surface area contributed by atoms with Crippen molar-refractivity contribution in [3.05, 3.63) is 36.5 Å². The van der Waals surface area contributed by atoms with Crippen molar-refractivity contribution in [1.82, 2.24) is 0 Å². The zero-order valence-corrected chi connectivity index (χ0v) is 16.5. The summed E-state index contributed by atoms with van der Waals surface area (Å²) in [5.74, 6) is 0.672. The number of hydrogen-bond donors (Lipinski definition) is 2. The molecule has 0 heterocycles. The average molecular weight is 363 g/mol. The lowest BCUT2D eigenvalue weighted by Crippen LogP contribution is -2.04. The minimum atomic E-state index is -0.747. The second-order valence-electron chi connectivity index (χ2n) is 7.49. The molecule has 0 bridgehead atoms. The van der Waals surface area contributed by atoms with Crippen LogP contribution < -0.4 is 0 Å². The minimum Gasteiger partial charge on any atom is -0.481 e. The summed E-state index contributed by atoms with van der Waals surface area (Å²) in [6, 6.07) is 0. The van der Waals surface area contributed by atoms with Gasteiger partial charge in [-0.2, -0.15) is 0 Å². The molecule has 1 fully saturated rings. The molecule has 1 aliphatic carbocycles. The molecule has 2 N–H and O–H groups in total. The van der Waals surface area contributed by atoms with Crippen LogP contribution in [0, 0.1) is 11.8 Å². The molecule has 3 nitrogen and oxygen atoms in total. The Balaban J connectivity index is 2.19. The van der Waals surface area contributed by atoms with E-state index in [1.54, 1.807) is 0 Å².